The first-order valence-corrected chi connectivity index (χ1v) is 9.15. The average molecular weight is 387 g/mol. The standard InChI is InChI=1S/C21H26FN3O3/c1-15(2)28-14-18-6-4-3-5-17(18)12-23-20(26)13-25-21(27)24-11-16-7-9-19(22)10-8-16/h3-10,15H,11-14H2,1-2H3,(H,23,26)(H2,24,25,27). The van der Waals surface area contributed by atoms with Gasteiger partial charge in [0, 0.05) is 13.1 Å². The van der Waals surface area contributed by atoms with Gasteiger partial charge in [0.25, 0.3) is 0 Å². The third kappa shape index (κ3) is 7.75. The van der Waals surface area contributed by atoms with E-state index in [1.807, 2.05) is 38.1 Å². The number of amides is 3. The molecule has 3 amide bonds. The van der Waals surface area contributed by atoms with Crippen LogP contribution in [0.5, 0.6) is 0 Å². The molecule has 0 aliphatic heterocycles. The van der Waals surface area contributed by atoms with E-state index in [4.69, 9.17) is 4.74 Å². The van der Waals surface area contributed by atoms with Crippen molar-refractivity contribution in [2.75, 3.05) is 6.54 Å². The van der Waals surface area contributed by atoms with Crippen molar-refractivity contribution in [1.82, 2.24) is 16.0 Å². The van der Waals surface area contributed by atoms with E-state index in [0.29, 0.717) is 13.2 Å². The van der Waals surface area contributed by atoms with Crippen molar-refractivity contribution in [2.24, 2.45) is 0 Å². The van der Waals surface area contributed by atoms with Crippen LogP contribution in [0.2, 0.25) is 0 Å². The summed E-state index contributed by atoms with van der Waals surface area (Å²) < 4.78 is 18.5. The zero-order chi connectivity index (χ0) is 20.4. The van der Waals surface area contributed by atoms with Gasteiger partial charge in [-0.1, -0.05) is 36.4 Å². The SMILES string of the molecule is CC(C)OCc1ccccc1CNC(=O)CNC(=O)NCc1ccc(F)cc1. The van der Waals surface area contributed by atoms with Crippen LogP contribution in [0.1, 0.15) is 30.5 Å². The number of carbonyl (C=O) groups is 2. The quantitative estimate of drug-likeness (QED) is 0.619. The molecule has 0 aliphatic carbocycles. The van der Waals surface area contributed by atoms with Gasteiger partial charge in [-0.05, 0) is 42.7 Å². The van der Waals surface area contributed by atoms with Crippen molar-refractivity contribution in [1.29, 1.82) is 0 Å². The first-order valence-electron chi connectivity index (χ1n) is 9.15. The summed E-state index contributed by atoms with van der Waals surface area (Å²) >= 11 is 0. The van der Waals surface area contributed by atoms with E-state index >= 15 is 0 Å². The molecule has 0 fully saturated rings. The van der Waals surface area contributed by atoms with Crippen LogP contribution in [-0.2, 0) is 29.2 Å². The molecule has 2 aromatic rings. The first-order chi connectivity index (χ1) is 13.4. The Kier molecular flexibility index (Phi) is 8.42. The Morgan fingerprint density at radius 3 is 2.29 bits per heavy atom. The van der Waals surface area contributed by atoms with Crippen LogP contribution in [0.15, 0.2) is 48.5 Å². The van der Waals surface area contributed by atoms with Gasteiger partial charge in [-0.2, -0.15) is 0 Å². The van der Waals surface area contributed by atoms with Crippen LogP contribution < -0.4 is 16.0 Å². The van der Waals surface area contributed by atoms with Gasteiger partial charge in [-0.15, -0.1) is 0 Å². The zero-order valence-electron chi connectivity index (χ0n) is 16.1. The van der Waals surface area contributed by atoms with Crippen LogP contribution in [0, 0.1) is 5.82 Å². The molecule has 2 aromatic carbocycles. The van der Waals surface area contributed by atoms with E-state index in [1.54, 1.807) is 12.1 Å². The fourth-order valence-corrected chi connectivity index (χ4v) is 2.39. The second kappa shape index (κ2) is 11.0. The largest absolute Gasteiger partial charge is 0.374 e. The summed E-state index contributed by atoms with van der Waals surface area (Å²) in [4.78, 5) is 23.8. The number of urea groups is 1. The molecule has 0 aliphatic rings. The Morgan fingerprint density at radius 2 is 1.61 bits per heavy atom. The molecule has 0 saturated carbocycles. The van der Waals surface area contributed by atoms with E-state index < -0.39 is 6.03 Å². The summed E-state index contributed by atoms with van der Waals surface area (Å²) in [5, 5.41) is 7.89. The minimum atomic E-state index is -0.467. The van der Waals surface area contributed by atoms with Gasteiger partial charge in [-0.25, -0.2) is 9.18 Å². The highest BCUT2D eigenvalue weighted by Gasteiger charge is 2.08. The number of benzene rings is 2. The number of halogens is 1. The molecule has 150 valence electrons. The summed E-state index contributed by atoms with van der Waals surface area (Å²) in [5.41, 5.74) is 2.75. The van der Waals surface area contributed by atoms with Gasteiger partial charge in [0.05, 0.1) is 19.3 Å². The van der Waals surface area contributed by atoms with Crippen molar-refractivity contribution in [3.8, 4) is 0 Å². The van der Waals surface area contributed by atoms with Crippen LogP contribution in [0.3, 0.4) is 0 Å². The Hall–Kier alpha value is -2.93. The maximum absolute atomic E-state index is 12.8. The molecule has 0 aromatic heterocycles. The summed E-state index contributed by atoms with van der Waals surface area (Å²) in [5.74, 6) is -0.626. The summed E-state index contributed by atoms with van der Waals surface area (Å²) in [6.45, 7) is 4.88. The van der Waals surface area contributed by atoms with Crippen molar-refractivity contribution in [3.05, 3.63) is 71.0 Å². The van der Waals surface area contributed by atoms with Gasteiger partial charge in [-0.3, -0.25) is 4.79 Å². The lowest BCUT2D eigenvalue weighted by molar-refractivity contribution is -0.120. The highest BCUT2D eigenvalue weighted by atomic mass is 19.1. The van der Waals surface area contributed by atoms with Crippen molar-refractivity contribution < 1.29 is 18.7 Å². The molecule has 28 heavy (non-hydrogen) atoms. The fraction of sp³-hybridized carbons (Fsp3) is 0.333. The maximum atomic E-state index is 12.8. The number of rotatable bonds is 9. The first kappa shape index (κ1) is 21.4. The summed E-state index contributed by atoms with van der Waals surface area (Å²) in [7, 11) is 0. The Balaban J connectivity index is 1.71. The Bertz CT molecular complexity index is 779. The van der Waals surface area contributed by atoms with E-state index in [0.717, 1.165) is 16.7 Å². The summed E-state index contributed by atoms with van der Waals surface area (Å²) in [6.07, 6.45) is 0.125. The number of hydrogen-bond acceptors (Lipinski definition) is 3. The van der Waals surface area contributed by atoms with Gasteiger partial charge >= 0.3 is 6.03 Å². The molecule has 0 radical (unpaired) electrons. The third-order valence-corrected chi connectivity index (χ3v) is 3.94. The monoisotopic (exact) mass is 387 g/mol. The predicted octanol–water partition coefficient (Wildman–Crippen LogP) is 2.87. The van der Waals surface area contributed by atoms with Crippen LogP contribution >= 0.6 is 0 Å². The normalized spacial score (nSPS) is 10.6. The average Bonchev–Trinajstić information content (AvgIpc) is 2.69. The minimum Gasteiger partial charge on any atom is -0.374 e. The van der Waals surface area contributed by atoms with E-state index in [9.17, 15) is 14.0 Å². The molecular weight excluding hydrogens is 361 g/mol. The number of ether oxygens (including phenoxy) is 1. The lowest BCUT2D eigenvalue weighted by Gasteiger charge is -2.13. The molecule has 0 spiro atoms. The Labute approximate surface area is 164 Å². The van der Waals surface area contributed by atoms with E-state index in [-0.39, 0.29) is 30.9 Å². The smallest absolute Gasteiger partial charge is 0.315 e. The van der Waals surface area contributed by atoms with Crippen molar-refractivity contribution in [3.63, 3.8) is 0 Å². The number of nitrogens with one attached hydrogen (secondary N) is 3. The topological polar surface area (TPSA) is 79.5 Å². The molecule has 7 heteroatoms. The second-order valence-corrected chi connectivity index (χ2v) is 6.57. The molecule has 2 rings (SSSR count). The van der Waals surface area contributed by atoms with Gasteiger partial charge < -0.3 is 20.7 Å². The Morgan fingerprint density at radius 1 is 0.929 bits per heavy atom. The molecular formula is C21H26FN3O3. The highest BCUT2D eigenvalue weighted by Crippen LogP contribution is 2.11. The van der Waals surface area contributed by atoms with Crippen LogP contribution in [0.25, 0.3) is 0 Å². The molecule has 0 atom stereocenters. The van der Waals surface area contributed by atoms with Crippen molar-refractivity contribution >= 4 is 11.9 Å². The second-order valence-electron chi connectivity index (χ2n) is 6.57. The third-order valence-electron chi connectivity index (χ3n) is 3.94. The highest BCUT2D eigenvalue weighted by molar-refractivity contribution is 5.83. The molecule has 0 bridgehead atoms. The summed E-state index contributed by atoms with van der Waals surface area (Å²) in [6, 6.07) is 13.1. The lowest BCUT2D eigenvalue weighted by atomic mass is 10.1. The minimum absolute atomic E-state index is 0.125. The van der Waals surface area contributed by atoms with Crippen LogP contribution in [0.4, 0.5) is 9.18 Å². The predicted molar refractivity (Wildman–Crippen MR) is 105 cm³/mol. The maximum Gasteiger partial charge on any atom is 0.315 e. The fourth-order valence-electron chi connectivity index (χ4n) is 2.39. The van der Waals surface area contributed by atoms with Gasteiger partial charge in [0.15, 0.2) is 0 Å². The van der Waals surface area contributed by atoms with E-state index in [2.05, 4.69) is 16.0 Å². The number of hydrogen-bond donors (Lipinski definition) is 3. The molecule has 6 nitrogen and oxygen atoms in total. The molecule has 3 N–H and O–H groups in total. The lowest BCUT2D eigenvalue weighted by Crippen LogP contribution is -2.41. The van der Waals surface area contributed by atoms with Gasteiger partial charge in [0.1, 0.15) is 5.82 Å². The molecule has 0 unspecified atom stereocenters. The van der Waals surface area contributed by atoms with E-state index in [1.165, 1.54) is 12.1 Å². The van der Waals surface area contributed by atoms with Crippen LogP contribution in [-0.4, -0.2) is 24.6 Å². The zero-order valence-corrected chi connectivity index (χ0v) is 16.1. The van der Waals surface area contributed by atoms with Crippen molar-refractivity contribution in [2.45, 2.75) is 39.6 Å². The molecule has 0 saturated heterocycles. The number of carbonyl (C=O) groups excluding carboxylic acids is 2. The molecule has 0 heterocycles. The van der Waals surface area contributed by atoms with Gasteiger partial charge in [0.2, 0.25) is 5.91 Å².